The van der Waals surface area contributed by atoms with Gasteiger partial charge in [0.05, 0.1) is 0 Å². The molecule has 6 nitrogen and oxygen atoms in total. The Morgan fingerprint density at radius 3 is 2.66 bits per heavy atom. The molecule has 6 heteroatoms. The molecule has 29 heavy (non-hydrogen) atoms. The first-order chi connectivity index (χ1) is 14.1. The highest BCUT2D eigenvalue weighted by Crippen LogP contribution is 2.31. The summed E-state index contributed by atoms with van der Waals surface area (Å²) in [5.41, 5.74) is 2.01. The summed E-state index contributed by atoms with van der Waals surface area (Å²) >= 11 is 0. The molecule has 0 fully saturated rings. The number of amides is 1. The van der Waals surface area contributed by atoms with Crippen molar-refractivity contribution >= 4 is 18.0 Å². The van der Waals surface area contributed by atoms with Crippen LogP contribution in [-0.4, -0.2) is 37.7 Å². The van der Waals surface area contributed by atoms with Gasteiger partial charge in [0.1, 0.15) is 13.2 Å². The zero-order valence-electron chi connectivity index (χ0n) is 16.4. The standard InChI is InChI=1S/C23H25NO5/c1-17(7-8-18-5-3-2-4-6-18)24-22(25)16-29-23(26)12-10-19-9-11-20-21(15-19)28-14-13-27-20/h2-6,9-12,15,17H,7-8,13-14,16H2,1H3,(H,24,25)/b12-10+/t17-/m1/s1. The number of aryl methyl sites for hydroxylation is 1. The minimum atomic E-state index is -0.577. The summed E-state index contributed by atoms with van der Waals surface area (Å²) in [5.74, 6) is 0.447. The van der Waals surface area contributed by atoms with Crippen molar-refractivity contribution in [1.29, 1.82) is 0 Å². The predicted octanol–water partition coefficient (Wildman–Crippen LogP) is 3.15. The molecule has 1 atom stereocenters. The van der Waals surface area contributed by atoms with Crippen molar-refractivity contribution in [1.82, 2.24) is 5.32 Å². The fourth-order valence-corrected chi connectivity index (χ4v) is 2.93. The summed E-state index contributed by atoms with van der Waals surface area (Å²) in [7, 11) is 0. The molecule has 1 aliphatic heterocycles. The van der Waals surface area contributed by atoms with Crippen LogP contribution in [0.3, 0.4) is 0 Å². The largest absolute Gasteiger partial charge is 0.486 e. The summed E-state index contributed by atoms with van der Waals surface area (Å²) in [6.07, 6.45) is 4.59. The lowest BCUT2D eigenvalue weighted by Crippen LogP contribution is -2.36. The Kier molecular flexibility index (Phi) is 7.28. The maximum atomic E-state index is 12.0. The van der Waals surface area contributed by atoms with Crippen LogP contribution >= 0.6 is 0 Å². The Morgan fingerprint density at radius 2 is 1.86 bits per heavy atom. The number of rotatable bonds is 8. The van der Waals surface area contributed by atoms with Gasteiger partial charge in [-0.15, -0.1) is 0 Å². The van der Waals surface area contributed by atoms with Crippen molar-refractivity contribution in [3.8, 4) is 11.5 Å². The Hall–Kier alpha value is -3.28. The van der Waals surface area contributed by atoms with E-state index < -0.39 is 5.97 Å². The van der Waals surface area contributed by atoms with Gasteiger partial charge in [-0.05, 0) is 49.1 Å². The highest BCUT2D eigenvalue weighted by molar-refractivity contribution is 5.89. The SMILES string of the molecule is C[C@H](CCc1ccccc1)NC(=O)COC(=O)/C=C/c1ccc2c(c1)OCCO2. The average molecular weight is 395 g/mol. The van der Waals surface area contributed by atoms with Gasteiger partial charge in [-0.1, -0.05) is 36.4 Å². The summed E-state index contributed by atoms with van der Waals surface area (Å²) < 4.78 is 16.0. The maximum Gasteiger partial charge on any atom is 0.331 e. The summed E-state index contributed by atoms with van der Waals surface area (Å²) in [5, 5.41) is 2.84. The van der Waals surface area contributed by atoms with Crippen molar-refractivity contribution in [3.05, 3.63) is 65.7 Å². The fraction of sp³-hybridized carbons (Fsp3) is 0.304. The molecule has 2 aromatic rings. The van der Waals surface area contributed by atoms with Crippen LogP contribution in [0.4, 0.5) is 0 Å². The van der Waals surface area contributed by atoms with Gasteiger partial charge < -0.3 is 19.5 Å². The molecule has 0 saturated carbocycles. The quantitative estimate of drug-likeness (QED) is 0.549. The van der Waals surface area contributed by atoms with Crippen LogP contribution in [0, 0.1) is 0 Å². The van der Waals surface area contributed by atoms with Gasteiger partial charge in [0.2, 0.25) is 0 Å². The molecule has 1 heterocycles. The average Bonchev–Trinajstić information content (AvgIpc) is 2.75. The van der Waals surface area contributed by atoms with Crippen LogP contribution in [0.25, 0.3) is 6.08 Å². The molecular formula is C23H25NO5. The predicted molar refractivity (Wildman–Crippen MR) is 110 cm³/mol. The van der Waals surface area contributed by atoms with E-state index in [0.29, 0.717) is 24.7 Å². The van der Waals surface area contributed by atoms with E-state index in [1.807, 2.05) is 31.2 Å². The van der Waals surface area contributed by atoms with Crippen LogP contribution in [0.15, 0.2) is 54.6 Å². The number of hydrogen-bond acceptors (Lipinski definition) is 5. The molecule has 0 unspecified atom stereocenters. The molecule has 0 radical (unpaired) electrons. The van der Waals surface area contributed by atoms with E-state index in [1.165, 1.54) is 11.6 Å². The zero-order chi connectivity index (χ0) is 20.5. The van der Waals surface area contributed by atoms with Crippen LogP contribution in [0.2, 0.25) is 0 Å². The molecule has 3 rings (SSSR count). The number of carbonyl (C=O) groups is 2. The second kappa shape index (κ2) is 10.3. The van der Waals surface area contributed by atoms with Gasteiger partial charge in [-0.2, -0.15) is 0 Å². The normalized spacial score (nSPS) is 13.7. The van der Waals surface area contributed by atoms with Crippen molar-refractivity contribution < 1.29 is 23.8 Å². The first-order valence-corrected chi connectivity index (χ1v) is 9.68. The lowest BCUT2D eigenvalue weighted by atomic mass is 10.1. The fourth-order valence-electron chi connectivity index (χ4n) is 2.93. The van der Waals surface area contributed by atoms with Crippen LogP contribution in [0.1, 0.15) is 24.5 Å². The second-order valence-electron chi connectivity index (χ2n) is 6.84. The molecule has 1 aliphatic rings. The highest BCUT2D eigenvalue weighted by atomic mass is 16.6. The number of benzene rings is 2. The topological polar surface area (TPSA) is 73.9 Å². The molecule has 1 N–H and O–H groups in total. The van der Waals surface area contributed by atoms with Gasteiger partial charge in [-0.25, -0.2) is 4.79 Å². The molecule has 2 aromatic carbocycles. The van der Waals surface area contributed by atoms with E-state index in [9.17, 15) is 9.59 Å². The van der Waals surface area contributed by atoms with E-state index >= 15 is 0 Å². The third-order valence-electron chi connectivity index (χ3n) is 4.44. The van der Waals surface area contributed by atoms with Crippen molar-refractivity contribution in [2.75, 3.05) is 19.8 Å². The Morgan fingerprint density at radius 1 is 1.10 bits per heavy atom. The van der Waals surface area contributed by atoms with Crippen LogP contribution < -0.4 is 14.8 Å². The van der Waals surface area contributed by atoms with Crippen LogP contribution in [0.5, 0.6) is 11.5 Å². The summed E-state index contributed by atoms with van der Waals surface area (Å²) in [6, 6.07) is 15.5. The summed E-state index contributed by atoms with van der Waals surface area (Å²) in [6.45, 7) is 2.66. The molecule has 0 spiro atoms. The molecular weight excluding hydrogens is 370 g/mol. The molecule has 0 saturated heterocycles. The first kappa shape index (κ1) is 20.5. The Labute approximate surface area is 170 Å². The van der Waals surface area contributed by atoms with E-state index in [4.69, 9.17) is 14.2 Å². The first-order valence-electron chi connectivity index (χ1n) is 9.68. The number of carbonyl (C=O) groups excluding carboxylic acids is 2. The van der Waals surface area contributed by atoms with E-state index in [0.717, 1.165) is 18.4 Å². The van der Waals surface area contributed by atoms with Gasteiger partial charge in [0.15, 0.2) is 18.1 Å². The maximum absolute atomic E-state index is 12.0. The number of hydrogen-bond donors (Lipinski definition) is 1. The smallest absolute Gasteiger partial charge is 0.331 e. The highest BCUT2D eigenvalue weighted by Gasteiger charge is 2.12. The third-order valence-corrected chi connectivity index (χ3v) is 4.44. The number of esters is 1. The monoisotopic (exact) mass is 395 g/mol. The molecule has 0 aromatic heterocycles. The van der Waals surface area contributed by atoms with Gasteiger partial charge in [0.25, 0.3) is 5.91 Å². The molecule has 1 amide bonds. The molecule has 152 valence electrons. The number of fused-ring (bicyclic) bond motifs is 1. The van der Waals surface area contributed by atoms with E-state index in [2.05, 4.69) is 17.4 Å². The minimum Gasteiger partial charge on any atom is -0.486 e. The second-order valence-corrected chi connectivity index (χ2v) is 6.84. The van der Waals surface area contributed by atoms with Gasteiger partial charge >= 0.3 is 5.97 Å². The summed E-state index contributed by atoms with van der Waals surface area (Å²) in [4.78, 5) is 23.8. The van der Waals surface area contributed by atoms with Crippen LogP contribution in [-0.2, 0) is 20.7 Å². The lowest BCUT2D eigenvalue weighted by Gasteiger charge is -2.18. The van der Waals surface area contributed by atoms with E-state index in [1.54, 1.807) is 18.2 Å². The minimum absolute atomic E-state index is 0.00494. The zero-order valence-corrected chi connectivity index (χ0v) is 16.4. The lowest BCUT2D eigenvalue weighted by molar-refractivity contribution is -0.144. The van der Waals surface area contributed by atoms with E-state index in [-0.39, 0.29) is 18.6 Å². The number of ether oxygens (including phenoxy) is 3. The molecule has 0 aliphatic carbocycles. The Bertz CT molecular complexity index is 863. The van der Waals surface area contributed by atoms with Crippen molar-refractivity contribution in [2.24, 2.45) is 0 Å². The molecule has 0 bridgehead atoms. The number of nitrogens with one attached hydrogen (secondary N) is 1. The third kappa shape index (κ3) is 6.68. The van der Waals surface area contributed by atoms with Crippen molar-refractivity contribution in [2.45, 2.75) is 25.8 Å². The van der Waals surface area contributed by atoms with Gasteiger partial charge in [0, 0.05) is 12.1 Å². The Balaban J connectivity index is 1.38. The van der Waals surface area contributed by atoms with Crippen molar-refractivity contribution in [3.63, 3.8) is 0 Å². The van der Waals surface area contributed by atoms with Gasteiger partial charge in [-0.3, -0.25) is 4.79 Å².